The van der Waals surface area contributed by atoms with Crippen LogP contribution in [0.1, 0.15) is 18.1 Å². The van der Waals surface area contributed by atoms with Gasteiger partial charge in [-0.3, -0.25) is 0 Å². The van der Waals surface area contributed by atoms with Crippen molar-refractivity contribution in [2.75, 3.05) is 0 Å². The predicted molar refractivity (Wildman–Crippen MR) is 84.6 cm³/mol. The summed E-state index contributed by atoms with van der Waals surface area (Å²) in [4.78, 5) is 5.74. The molecule has 0 aliphatic carbocycles. The molecule has 0 fully saturated rings. The molecule has 0 saturated carbocycles. The van der Waals surface area contributed by atoms with E-state index in [-0.39, 0.29) is 6.04 Å². The summed E-state index contributed by atoms with van der Waals surface area (Å²) in [6, 6.07) is 10.6. The first-order valence-corrected chi connectivity index (χ1v) is 7.80. The van der Waals surface area contributed by atoms with Gasteiger partial charge >= 0.3 is 0 Å². The number of nitrogens with two attached hydrogens (primary N) is 1. The van der Waals surface area contributed by atoms with Crippen molar-refractivity contribution in [2.45, 2.75) is 36.2 Å². The Bertz CT molecular complexity index is 553. The van der Waals surface area contributed by atoms with Gasteiger partial charge in [-0.2, -0.15) is 0 Å². The molecule has 1 aromatic carbocycles. The summed E-state index contributed by atoms with van der Waals surface area (Å²) in [5, 5.41) is 1.05. The number of aryl methyl sites for hydroxylation is 1. The smallest absolute Gasteiger partial charge is 0.104 e. The van der Waals surface area contributed by atoms with E-state index in [1.807, 2.05) is 25.3 Å². The Balaban J connectivity index is 2.15. The summed E-state index contributed by atoms with van der Waals surface area (Å²) in [6.07, 6.45) is 2.80. The lowest BCUT2D eigenvalue weighted by Crippen LogP contribution is -2.17. The minimum atomic E-state index is 0.172. The van der Waals surface area contributed by atoms with Gasteiger partial charge < -0.3 is 5.73 Å². The lowest BCUT2D eigenvalue weighted by molar-refractivity contribution is 0.733. The van der Waals surface area contributed by atoms with Crippen molar-refractivity contribution in [3.05, 3.63) is 52.1 Å². The third-order valence-corrected chi connectivity index (χ3v) is 4.33. The summed E-state index contributed by atoms with van der Waals surface area (Å²) < 4.78 is 1.09. The van der Waals surface area contributed by atoms with Gasteiger partial charge in [-0.05, 0) is 55.7 Å². The van der Waals surface area contributed by atoms with Gasteiger partial charge in [0.1, 0.15) is 5.03 Å². The van der Waals surface area contributed by atoms with Gasteiger partial charge in [0, 0.05) is 21.6 Å². The van der Waals surface area contributed by atoms with Crippen molar-refractivity contribution in [2.24, 2.45) is 5.73 Å². The molecule has 100 valence electrons. The van der Waals surface area contributed by atoms with Gasteiger partial charge in [-0.1, -0.05) is 33.8 Å². The van der Waals surface area contributed by atoms with E-state index in [0.29, 0.717) is 0 Å². The Morgan fingerprint density at radius 3 is 2.58 bits per heavy atom. The van der Waals surface area contributed by atoms with Crippen LogP contribution in [0.4, 0.5) is 0 Å². The van der Waals surface area contributed by atoms with Crippen molar-refractivity contribution in [3.8, 4) is 0 Å². The molecule has 2 rings (SSSR count). The fourth-order valence-electron chi connectivity index (χ4n) is 1.82. The molecule has 19 heavy (non-hydrogen) atoms. The van der Waals surface area contributed by atoms with Gasteiger partial charge in [0.15, 0.2) is 0 Å². The number of nitrogens with zero attached hydrogens (tertiary/aromatic N) is 1. The van der Waals surface area contributed by atoms with Crippen LogP contribution >= 0.6 is 27.7 Å². The van der Waals surface area contributed by atoms with E-state index in [2.05, 4.69) is 46.0 Å². The van der Waals surface area contributed by atoms with E-state index in [1.54, 1.807) is 11.8 Å². The molecular formula is C15H17BrN2S. The molecule has 2 nitrogen and oxygen atoms in total. The first-order valence-electron chi connectivity index (χ1n) is 6.19. The molecule has 0 bridgehead atoms. The number of benzene rings is 1. The second-order valence-corrected chi connectivity index (χ2v) is 6.68. The number of hydrogen-bond donors (Lipinski definition) is 1. The van der Waals surface area contributed by atoms with E-state index < -0.39 is 0 Å². The van der Waals surface area contributed by atoms with Crippen LogP contribution in [0.25, 0.3) is 0 Å². The van der Waals surface area contributed by atoms with Crippen LogP contribution in [0.5, 0.6) is 0 Å². The summed E-state index contributed by atoms with van der Waals surface area (Å²) in [5.74, 6) is 0. The average Bonchev–Trinajstić information content (AvgIpc) is 2.34. The maximum atomic E-state index is 5.81. The van der Waals surface area contributed by atoms with Crippen molar-refractivity contribution >= 4 is 27.7 Å². The molecule has 1 unspecified atom stereocenters. The van der Waals surface area contributed by atoms with E-state index in [0.717, 1.165) is 15.9 Å². The molecule has 1 heterocycles. The number of hydrogen-bond acceptors (Lipinski definition) is 3. The number of halogens is 1. The van der Waals surface area contributed by atoms with Crippen LogP contribution < -0.4 is 5.73 Å². The third kappa shape index (κ3) is 4.34. The molecule has 2 aromatic rings. The fourth-order valence-corrected chi connectivity index (χ4v) is 2.91. The van der Waals surface area contributed by atoms with Crippen LogP contribution in [0, 0.1) is 6.92 Å². The molecule has 1 aromatic heterocycles. The summed E-state index contributed by atoms with van der Waals surface area (Å²) in [5.41, 5.74) is 8.21. The minimum Gasteiger partial charge on any atom is -0.328 e. The maximum absolute atomic E-state index is 5.81. The first kappa shape index (κ1) is 14.6. The van der Waals surface area contributed by atoms with Crippen LogP contribution in [0.15, 0.2) is 50.9 Å². The van der Waals surface area contributed by atoms with Crippen LogP contribution in [-0.2, 0) is 6.42 Å². The zero-order valence-corrected chi connectivity index (χ0v) is 13.5. The van der Waals surface area contributed by atoms with E-state index in [9.17, 15) is 0 Å². The highest BCUT2D eigenvalue weighted by molar-refractivity contribution is 9.10. The minimum absolute atomic E-state index is 0.172. The molecule has 2 N–H and O–H groups in total. The highest BCUT2D eigenvalue weighted by Gasteiger charge is 2.05. The van der Waals surface area contributed by atoms with Crippen molar-refractivity contribution < 1.29 is 0 Å². The van der Waals surface area contributed by atoms with Gasteiger partial charge in [-0.25, -0.2) is 4.98 Å². The standard InChI is InChI=1S/C15H17BrN2S/c1-10-7-12(8-11(2)17)9-18-15(10)19-14-5-3-13(16)4-6-14/h3-7,9,11H,8,17H2,1-2H3. The molecule has 1 atom stereocenters. The van der Waals surface area contributed by atoms with E-state index in [4.69, 9.17) is 5.73 Å². The molecule has 0 saturated heterocycles. The number of rotatable bonds is 4. The SMILES string of the molecule is Cc1cc(CC(C)N)cnc1Sc1ccc(Br)cc1. The van der Waals surface area contributed by atoms with Crippen LogP contribution in [-0.4, -0.2) is 11.0 Å². The fraction of sp³-hybridized carbons (Fsp3) is 0.267. The second kappa shape index (κ2) is 6.55. The monoisotopic (exact) mass is 336 g/mol. The average molecular weight is 337 g/mol. The maximum Gasteiger partial charge on any atom is 0.104 e. The van der Waals surface area contributed by atoms with Crippen molar-refractivity contribution in [3.63, 3.8) is 0 Å². The third-order valence-electron chi connectivity index (χ3n) is 2.67. The molecular weight excluding hydrogens is 320 g/mol. The highest BCUT2D eigenvalue weighted by atomic mass is 79.9. The Morgan fingerprint density at radius 1 is 1.32 bits per heavy atom. The van der Waals surface area contributed by atoms with Gasteiger partial charge in [0.25, 0.3) is 0 Å². The van der Waals surface area contributed by atoms with E-state index >= 15 is 0 Å². The van der Waals surface area contributed by atoms with Gasteiger partial charge in [-0.15, -0.1) is 0 Å². The zero-order chi connectivity index (χ0) is 13.8. The van der Waals surface area contributed by atoms with Crippen molar-refractivity contribution in [1.29, 1.82) is 0 Å². The van der Waals surface area contributed by atoms with Gasteiger partial charge in [0.2, 0.25) is 0 Å². The number of aromatic nitrogens is 1. The number of pyridine rings is 1. The van der Waals surface area contributed by atoms with E-state index in [1.165, 1.54) is 16.0 Å². The first-order chi connectivity index (χ1) is 9.04. The lowest BCUT2D eigenvalue weighted by Gasteiger charge is -2.09. The summed E-state index contributed by atoms with van der Waals surface area (Å²) >= 11 is 5.13. The Morgan fingerprint density at radius 2 is 2.00 bits per heavy atom. The molecule has 0 spiro atoms. The van der Waals surface area contributed by atoms with Crippen LogP contribution in [0.3, 0.4) is 0 Å². The molecule has 0 radical (unpaired) electrons. The summed E-state index contributed by atoms with van der Waals surface area (Å²) in [6.45, 7) is 4.11. The van der Waals surface area contributed by atoms with Crippen LogP contribution in [0.2, 0.25) is 0 Å². The molecule has 0 amide bonds. The highest BCUT2D eigenvalue weighted by Crippen LogP contribution is 2.29. The lowest BCUT2D eigenvalue weighted by atomic mass is 10.1. The Hall–Kier alpha value is -0.840. The Labute approximate surface area is 126 Å². The van der Waals surface area contributed by atoms with Crippen molar-refractivity contribution in [1.82, 2.24) is 4.98 Å². The zero-order valence-electron chi connectivity index (χ0n) is 11.1. The topological polar surface area (TPSA) is 38.9 Å². The Kier molecular flexibility index (Phi) is 5.02. The van der Waals surface area contributed by atoms with Gasteiger partial charge in [0.05, 0.1) is 0 Å². The molecule has 0 aliphatic heterocycles. The quantitative estimate of drug-likeness (QED) is 0.909. The molecule has 4 heteroatoms. The normalized spacial score (nSPS) is 12.4. The predicted octanol–water partition coefficient (Wildman–Crippen LogP) is 4.19. The summed E-state index contributed by atoms with van der Waals surface area (Å²) in [7, 11) is 0. The second-order valence-electron chi connectivity index (χ2n) is 4.70. The molecule has 0 aliphatic rings. The largest absolute Gasteiger partial charge is 0.328 e.